The minimum atomic E-state index is 0.641. The highest BCUT2D eigenvalue weighted by Gasteiger charge is 1.83. The number of alkyl halides is 1. The number of hydrogen-bond donors (Lipinski definition) is 0. The normalized spacial score (nSPS) is 11.1. The van der Waals surface area contributed by atoms with Crippen LogP contribution in [-0.2, 0) is 4.74 Å². The first-order valence-electron chi connectivity index (χ1n) is 8.25. The number of ether oxygens (including phenoxy) is 1. The molecule has 0 bridgehead atoms. The van der Waals surface area contributed by atoms with Gasteiger partial charge in [-0.15, -0.1) is 17.3 Å². The molecule has 0 amide bonds. The zero-order valence-electron chi connectivity index (χ0n) is 13.5. The van der Waals surface area contributed by atoms with Gasteiger partial charge in [0, 0.05) is 5.88 Å². The number of halogens is 1. The van der Waals surface area contributed by atoms with E-state index in [1.54, 1.807) is 0 Å². The predicted molar refractivity (Wildman–Crippen MR) is 95.1 cm³/mol. The Hall–Kier alpha value is -0.750. The molecule has 2 heteroatoms. The molecule has 0 spiro atoms. The number of rotatable bonds is 14. The van der Waals surface area contributed by atoms with Crippen LogP contribution in [0.15, 0.2) is 42.2 Å². The first-order chi connectivity index (χ1) is 10.4. The second-order valence-electron chi connectivity index (χ2n) is 4.94. The van der Waals surface area contributed by atoms with Gasteiger partial charge in [0.1, 0.15) is 0 Å². The maximum atomic E-state index is 5.58. The Morgan fingerprint density at radius 3 is 2.48 bits per heavy atom. The van der Waals surface area contributed by atoms with E-state index in [0.29, 0.717) is 6.61 Å². The highest BCUT2D eigenvalue weighted by Crippen LogP contribution is 2.00. The number of unbranched alkanes of at least 4 members (excludes halogenated alkanes) is 4. The molecule has 0 aromatic carbocycles. The molecule has 0 aromatic heterocycles. The second kappa shape index (κ2) is 19.2. The standard InChI is InChI=1S/C19H31ClO/c1-2-3-4-5-6-7-8-9-12-15-18-21-19-16-13-10-11-14-17-20/h6-7,9-10,12,16H,2-5,8,11,14-15,17-19H2,1H3/b7-6-,12-9-. The third-order valence-corrected chi connectivity index (χ3v) is 3.19. The van der Waals surface area contributed by atoms with Gasteiger partial charge in [0.15, 0.2) is 0 Å². The Morgan fingerprint density at radius 1 is 0.905 bits per heavy atom. The van der Waals surface area contributed by atoms with Gasteiger partial charge in [-0.3, -0.25) is 0 Å². The molecule has 21 heavy (non-hydrogen) atoms. The molecule has 0 heterocycles. The summed E-state index contributed by atoms with van der Waals surface area (Å²) in [6.07, 6.45) is 22.1. The van der Waals surface area contributed by atoms with Crippen molar-refractivity contribution in [3.05, 3.63) is 42.2 Å². The topological polar surface area (TPSA) is 9.23 Å². The Balaban J connectivity index is 3.30. The number of hydrogen-bond acceptors (Lipinski definition) is 1. The quantitative estimate of drug-likeness (QED) is 0.160. The maximum absolute atomic E-state index is 5.58. The molecule has 0 saturated heterocycles. The largest absolute Gasteiger partial charge is 0.376 e. The first-order valence-corrected chi connectivity index (χ1v) is 8.78. The van der Waals surface area contributed by atoms with Crippen molar-refractivity contribution in [3.63, 3.8) is 0 Å². The van der Waals surface area contributed by atoms with Crippen molar-refractivity contribution in [3.8, 4) is 0 Å². The van der Waals surface area contributed by atoms with Gasteiger partial charge in [0.25, 0.3) is 0 Å². The van der Waals surface area contributed by atoms with Gasteiger partial charge in [-0.1, -0.05) is 44.1 Å². The summed E-state index contributed by atoms with van der Waals surface area (Å²) < 4.78 is 5.48. The summed E-state index contributed by atoms with van der Waals surface area (Å²) in [5.41, 5.74) is 3.10. The van der Waals surface area contributed by atoms with E-state index in [-0.39, 0.29) is 0 Å². The van der Waals surface area contributed by atoms with E-state index >= 15 is 0 Å². The first kappa shape index (κ1) is 20.2. The van der Waals surface area contributed by atoms with Crippen LogP contribution in [-0.4, -0.2) is 19.1 Å². The molecule has 0 aliphatic rings. The van der Waals surface area contributed by atoms with Crippen molar-refractivity contribution in [2.45, 2.75) is 58.3 Å². The van der Waals surface area contributed by atoms with Crippen molar-refractivity contribution in [1.82, 2.24) is 0 Å². The molecule has 0 fully saturated rings. The zero-order valence-corrected chi connectivity index (χ0v) is 14.3. The summed E-state index contributed by atoms with van der Waals surface area (Å²) in [5, 5.41) is 0. The van der Waals surface area contributed by atoms with E-state index in [4.69, 9.17) is 16.3 Å². The maximum Gasteiger partial charge on any atom is 0.0721 e. The Morgan fingerprint density at radius 2 is 1.71 bits per heavy atom. The van der Waals surface area contributed by atoms with Crippen LogP contribution >= 0.6 is 11.6 Å². The highest BCUT2D eigenvalue weighted by atomic mass is 35.5. The van der Waals surface area contributed by atoms with Crippen LogP contribution in [0.5, 0.6) is 0 Å². The van der Waals surface area contributed by atoms with Gasteiger partial charge >= 0.3 is 0 Å². The van der Waals surface area contributed by atoms with Crippen LogP contribution in [0.1, 0.15) is 58.3 Å². The van der Waals surface area contributed by atoms with Crippen LogP contribution in [0.3, 0.4) is 0 Å². The van der Waals surface area contributed by atoms with Crippen LogP contribution in [0.25, 0.3) is 0 Å². The fourth-order valence-electron chi connectivity index (χ4n) is 1.71. The molecule has 0 aromatic rings. The van der Waals surface area contributed by atoms with Gasteiger partial charge in [0.2, 0.25) is 0 Å². The van der Waals surface area contributed by atoms with E-state index in [1.807, 2.05) is 12.2 Å². The summed E-state index contributed by atoms with van der Waals surface area (Å²) >= 11 is 5.58. The monoisotopic (exact) mass is 310 g/mol. The van der Waals surface area contributed by atoms with Crippen molar-refractivity contribution in [2.75, 3.05) is 19.1 Å². The zero-order chi connectivity index (χ0) is 15.4. The third kappa shape index (κ3) is 19.2. The minimum absolute atomic E-state index is 0.641. The Labute approximate surface area is 136 Å². The molecule has 0 aliphatic heterocycles. The summed E-state index contributed by atoms with van der Waals surface area (Å²) in [6, 6.07) is 0. The van der Waals surface area contributed by atoms with Crippen molar-refractivity contribution in [2.24, 2.45) is 0 Å². The Bertz CT molecular complexity index is 312. The second-order valence-corrected chi connectivity index (χ2v) is 5.32. The van der Waals surface area contributed by atoms with E-state index in [1.165, 1.54) is 25.7 Å². The van der Waals surface area contributed by atoms with E-state index in [0.717, 1.165) is 38.2 Å². The van der Waals surface area contributed by atoms with Gasteiger partial charge in [0.05, 0.1) is 13.2 Å². The molecule has 0 rings (SSSR count). The van der Waals surface area contributed by atoms with E-state index < -0.39 is 0 Å². The molecule has 0 atom stereocenters. The average molecular weight is 311 g/mol. The summed E-state index contributed by atoms with van der Waals surface area (Å²) in [4.78, 5) is 0. The van der Waals surface area contributed by atoms with Crippen molar-refractivity contribution < 1.29 is 4.74 Å². The average Bonchev–Trinajstić information content (AvgIpc) is 2.50. The fraction of sp³-hybridized carbons (Fsp3) is 0.632. The molecule has 0 saturated carbocycles. The lowest BCUT2D eigenvalue weighted by Gasteiger charge is -1.95. The molecule has 0 aliphatic carbocycles. The van der Waals surface area contributed by atoms with Crippen molar-refractivity contribution in [1.29, 1.82) is 0 Å². The van der Waals surface area contributed by atoms with Gasteiger partial charge in [-0.25, -0.2) is 0 Å². The molecule has 0 unspecified atom stereocenters. The molecular formula is C19H31ClO. The summed E-state index contributed by atoms with van der Waals surface area (Å²) in [7, 11) is 0. The Kier molecular flexibility index (Phi) is 18.6. The van der Waals surface area contributed by atoms with Gasteiger partial charge < -0.3 is 4.74 Å². The summed E-state index contributed by atoms with van der Waals surface area (Å²) in [5.74, 6) is 0.717. The summed E-state index contributed by atoms with van der Waals surface area (Å²) in [6.45, 7) is 3.65. The molecule has 0 N–H and O–H groups in total. The van der Waals surface area contributed by atoms with Crippen LogP contribution in [0, 0.1) is 0 Å². The molecule has 0 radical (unpaired) electrons. The molecule has 120 valence electrons. The fourth-order valence-corrected chi connectivity index (χ4v) is 1.86. The smallest absolute Gasteiger partial charge is 0.0721 e. The molecular weight excluding hydrogens is 280 g/mol. The van der Waals surface area contributed by atoms with Crippen LogP contribution < -0.4 is 0 Å². The minimum Gasteiger partial charge on any atom is -0.376 e. The number of allylic oxidation sites excluding steroid dienone is 3. The molecule has 1 nitrogen and oxygen atoms in total. The van der Waals surface area contributed by atoms with Crippen molar-refractivity contribution >= 4 is 11.6 Å². The van der Waals surface area contributed by atoms with Gasteiger partial charge in [-0.2, -0.15) is 0 Å². The lowest BCUT2D eigenvalue weighted by molar-refractivity contribution is 0.167. The van der Waals surface area contributed by atoms with Crippen LogP contribution in [0.2, 0.25) is 0 Å². The lowest BCUT2D eigenvalue weighted by atomic mass is 10.2. The highest BCUT2D eigenvalue weighted by molar-refractivity contribution is 6.17. The SMILES string of the molecule is CCCCC/C=C\C/C=C\CCOCC=C=CCCCCl. The third-order valence-electron chi connectivity index (χ3n) is 2.93. The lowest BCUT2D eigenvalue weighted by Crippen LogP contribution is -1.91. The van der Waals surface area contributed by atoms with Gasteiger partial charge in [-0.05, 0) is 50.7 Å². The van der Waals surface area contributed by atoms with E-state index in [2.05, 4.69) is 37.0 Å². The predicted octanol–water partition coefficient (Wildman–Crippen LogP) is 6.21. The van der Waals surface area contributed by atoms with Crippen LogP contribution in [0.4, 0.5) is 0 Å². The van der Waals surface area contributed by atoms with E-state index in [9.17, 15) is 0 Å².